The van der Waals surface area contributed by atoms with E-state index in [1.165, 1.54) is 6.42 Å². The Hall–Kier alpha value is 0.640. The van der Waals surface area contributed by atoms with E-state index in [2.05, 4.69) is 6.92 Å². The van der Waals surface area contributed by atoms with Crippen LogP contribution < -0.4 is 0 Å². The van der Waals surface area contributed by atoms with E-state index < -0.39 is 0 Å². The Morgan fingerprint density at radius 3 is 2.50 bits per heavy atom. The van der Waals surface area contributed by atoms with E-state index in [9.17, 15) is 0 Å². The molecule has 8 heavy (non-hydrogen) atoms. The van der Waals surface area contributed by atoms with Gasteiger partial charge < -0.3 is 0 Å². The lowest BCUT2D eigenvalue weighted by Crippen LogP contribution is -1.97. The van der Waals surface area contributed by atoms with Gasteiger partial charge in [0.25, 0.3) is 0 Å². The third kappa shape index (κ3) is 4.79. The summed E-state index contributed by atoms with van der Waals surface area (Å²) in [5.41, 5.74) is 0. The number of halogens is 1. The smallest absolute Gasteiger partial charge is 0.0234 e. The van der Waals surface area contributed by atoms with Crippen molar-refractivity contribution in [3.05, 3.63) is 0 Å². The Labute approximate surface area is 62.0 Å². The van der Waals surface area contributed by atoms with Gasteiger partial charge in [-0.25, -0.2) is 0 Å². The summed E-state index contributed by atoms with van der Waals surface area (Å²) in [6.45, 7) is 2.15. The zero-order valence-corrected chi connectivity index (χ0v) is 6.76. The summed E-state index contributed by atoms with van der Waals surface area (Å²) >= 11 is 10.5. The number of hydrogen-bond acceptors (Lipinski definition) is 0. The molecule has 1 radical (unpaired) electrons. The molecule has 0 amide bonds. The van der Waals surface area contributed by atoms with Gasteiger partial charge in [-0.3, -0.25) is 0 Å². The molecule has 0 aromatic heterocycles. The zero-order chi connectivity index (χ0) is 6.41. The summed E-state index contributed by atoms with van der Waals surface area (Å²) < 4.78 is 0. The van der Waals surface area contributed by atoms with E-state index in [0.717, 1.165) is 12.8 Å². The van der Waals surface area contributed by atoms with E-state index in [1.54, 1.807) is 0 Å². The SMILES string of the molecule is CCCC([S])CCCl. The summed E-state index contributed by atoms with van der Waals surface area (Å²) in [6, 6.07) is 0. The fraction of sp³-hybridized carbons (Fsp3) is 1.00. The highest BCUT2D eigenvalue weighted by Gasteiger charge is 1.98. The lowest BCUT2D eigenvalue weighted by atomic mass is 10.2. The van der Waals surface area contributed by atoms with Crippen LogP contribution >= 0.6 is 24.2 Å². The Bertz CT molecular complexity index is 41.8. The van der Waals surface area contributed by atoms with Crippen molar-refractivity contribution in [1.29, 1.82) is 0 Å². The molecule has 0 N–H and O–H groups in total. The normalized spacial score (nSPS) is 13.9. The van der Waals surface area contributed by atoms with E-state index in [-0.39, 0.29) is 0 Å². The first-order chi connectivity index (χ1) is 3.81. The summed E-state index contributed by atoms with van der Waals surface area (Å²) in [5, 5.41) is 0.414. The van der Waals surface area contributed by atoms with Crippen LogP contribution in [0.15, 0.2) is 0 Å². The molecule has 0 aromatic carbocycles. The molecule has 2 heteroatoms. The highest BCUT2D eigenvalue weighted by Crippen LogP contribution is 2.08. The molecule has 0 aliphatic carbocycles. The van der Waals surface area contributed by atoms with Gasteiger partial charge in [0.15, 0.2) is 0 Å². The largest absolute Gasteiger partial charge is 0.127 e. The highest BCUT2D eigenvalue weighted by atomic mass is 35.5. The fourth-order valence-corrected chi connectivity index (χ4v) is 1.33. The standard InChI is InChI=1S/C6H12ClS/c1-2-3-6(8)4-5-7/h6H,2-5H2,1H3. The van der Waals surface area contributed by atoms with E-state index >= 15 is 0 Å². The van der Waals surface area contributed by atoms with Crippen LogP contribution in [0.2, 0.25) is 0 Å². The first kappa shape index (κ1) is 8.64. The lowest BCUT2D eigenvalue weighted by molar-refractivity contribution is 0.726. The van der Waals surface area contributed by atoms with Crippen LogP contribution in [0.3, 0.4) is 0 Å². The zero-order valence-electron chi connectivity index (χ0n) is 5.19. The molecule has 49 valence electrons. The molecule has 0 spiro atoms. The molecule has 0 aromatic rings. The predicted octanol–water partition coefficient (Wildman–Crippen LogP) is 2.98. The van der Waals surface area contributed by atoms with E-state index in [0.29, 0.717) is 11.1 Å². The maximum atomic E-state index is 5.47. The molecule has 0 heterocycles. The maximum absolute atomic E-state index is 5.47. The number of rotatable bonds is 4. The lowest BCUT2D eigenvalue weighted by Gasteiger charge is -2.02. The Balaban J connectivity index is 2.92. The quantitative estimate of drug-likeness (QED) is 0.542. The minimum absolute atomic E-state index is 0.414. The first-order valence-electron chi connectivity index (χ1n) is 3.03. The van der Waals surface area contributed by atoms with Gasteiger partial charge in [-0.15, -0.1) is 11.6 Å². The van der Waals surface area contributed by atoms with Crippen LogP contribution in [0.5, 0.6) is 0 Å². The minimum atomic E-state index is 0.414. The Morgan fingerprint density at radius 1 is 1.50 bits per heavy atom. The van der Waals surface area contributed by atoms with Crippen molar-refractivity contribution in [3.63, 3.8) is 0 Å². The summed E-state index contributed by atoms with van der Waals surface area (Å²) in [7, 11) is 0. The fourth-order valence-electron chi connectivity index (χ4n) is 0.588. The molecule has 0 rings (SSSR count). The molecular formula is C6H12ClS. The third-order valence-electron chi connectivity index (χ3n) is 1.04. The van der Waals surface area contributed by atoms with Gasteiger partial charge in [0, 0.05) is 11.1 Å². The van der Waals surface area contributed by atoms with Crippen molar-refractivity contribution in [1.82, 2.24) is 0 Å². The number of alkyl halides is 1. The van der Waals surface area contributed by atoms with Crippen LogP contribution in [0.4, 0.5) is 0 Å². The van der Waals surface area contributed by atoms with Gasteiger partial charge >= 0.3 is 0 Å². The van der Waals surface area contributed by atoms with Crippen LogP contribution in [-0.2, 0) is 0 Å². The van der Waals surface area contributed by atoms with Gasteiger partial charge in [-0.05, 0) is 12.8 Å². The van der Waals surface area contributed by atoms with Crippen molar-refractivity contribution in [3.8, 4) is 0 Å². The van der Waals surface area contributed by atoms with Gasteiger partial charge in [0.05, 0.1) is 0 Å². The van der Waals surface area contributed by atoms with Gasteiger partial charge in [0.2, 0.25) is 0 Å². The molecule has 0 aliphatic rings. The second kappa shape index (κ2) is 5.77. The average molecular weight is 152 g/mol. The first-order valence-corrected chi connectivity index (χ1v) is 4.03. The number of hydrogen-bond donors (Lipinski definition) is 0. The van der Waals surface area contributed by atoms with Gasteiger partial charge in [0.1, 0.15) is 0 Å². The molecule has 1 atom stereocenters. The van der Waals surface area contributed by atoms with Crippen molar-refractivity contribution >= 4 is 24.2 Å². The average Bonchev–Trinajstić information content (AvgIpc) is 1.68. The molecule has 0 bridgehead atoms. The highest BCUT2D eigenvalue weighted by molar-refractivity contribution is 7.80. The van der Waals surface area contributed by atoms with E-state index in [1.807, 2.05) is 0 Å². The maximum Gasteiger partial charge on any atom is 0.0234 e. The summed E-state index contributed by atoms with van der Waals surface area (Å²) in [4.78, 5) is 0. The van der Waals surface area contributed by atoms with Crippen molar-refractivity contribution in [2.75, 3.05) is 5.88 Å². The molecule has 0 aliphatic heterocycles. The molecule has 0 saturated carbocycles. The third-order valence-corrected chi connectivity index (χ3v) is 1.73. The topological polar surface area (TPSA) is 0 Å². The monoisotopic (exact) mass is 151 g/mol. The molecule has 0 fully saturated rings. The summed E-state index contributed by atoms with van der Waals surface area (Å²) in [6.07, 6.45) is 3.32. The second-order valence-corrected chi connectivity index (χ2v) is 2.93. The Morgan fingerprint density at radius 2 is 2.12 bits per heavy atom. The van der Waals surface area contributed by atoms with Crippen molar-refractivity contribution in [2.45, 2.75) is 31.4 Å². The Kier molecular flexibility index (Phi) is 6.23. The predicted molar refractivity (Wildman–Crippen MR) is 41.6 cm³/mol. The summed E-state index contributed by atoms with van der Waals surface area (Å²) in [5.74, 6) is 0.716. The van der Waals surface area contributed by atoms with Crippen LogP contribution in [-0.4, -0.2) is 11.1 Å². The van der Waals surface area contributed by atoms with Crippen LogP contribution in [0, 0.1) is 0 Å². The van der Waals surface area contributed by atoms with E-state index in [4.69, 9.17) is 24.2 Å². The molecule has 1 unspecified atom stereocenters. The van der Waals surface area contributed by atoms with Crippen molar-refractivity contribution in [2.24, 2.45) is 0 Å². The van der Waals surface area contributed by atoms with Crippen LogP contribution in [0.25, 0.3) is 0 Å². The molecule has 0 nitrogen and oxygen atoms in total. The van der Waals surface area contributed by atoms with Gasteiger partial charge in [-0.2, -0.15) is 0 Å². The van der Waals surface area contributed by atoms with Crippen LogP contribution in [0.1, 0.15) is 26.2 Å². The molecule has 0 saturated heterocycles. The van der Waals surface area contributed by atoms with Crippen molar-refractivity contribution < 1.29 is 0 Å². The second-order valence-electron chi connectivity index (χ2n) is 1.89. The van der Waals surface area contributed by atoms with Gasteiger partial charge in [-0.1, -0.05) is 26.0 Å². The molecular weight excluding hydrogens is 140 g/mol. The minimum Gasteiger partial charge on any atom is -0.127 e.